The number of fused-ring (bicyclic) bond motifs is 3. The molecule has 0 spiro atoms. The molecular weight excluding hydrogens is 392 g/mol. The van der Waals surface area contributed by atoms with Crippen molar-refractivity contribution in [3.05, 3.63) is 59.7 Å². The molecule has 7 heteroatoms. The number of carboxylic acid groups (broad SMARTS) is 1. The number of hydrogen-bond acceptors (Lipinski definition) is 4. The number of carbonyl (C=O) groups is 2. The SMILES string of the molecule is Cl.O=C(O)CN1CCCN(C(=O)OCC2c3ccccc3-c3ccccc32)CC1. The van der Waals surface area contributed by atoms with E-state index in [9.17, 15) is 9.59 Å². The van der Waals surface area contributed by atoms with Crippen LogP contribution in [0.3, 0.4) is 0 Å². The van der Waals surface area contributed by atoms with Crippen LogP contribution in [0.5, 0.6) is 0 Å². The molecule has 2 aromatic rings. The molecule has 154 valence electrons. The van der Waals surface area contributed by atoms with Crippen LogP contribution in [0.4, 0.5) is 4.79 Å². The summed E-state index contributed by atoms with van der Waals surface area (Å²) in [5, 5.41) is 8.95. The van der Waals surface area contributed by atoms with E-state index >= 15 is 0 Å². The normalized spacial score (nSPS) is 16.3. The summed E-state index contributed by atoms with van der Waals surface area (Å²) < 4.78 is 5.70. The van der Waals surface area contributed by atoms with Gasteiger partial charge in [-0.15, -0.1) is 12.4 Å². The van der Waals surface area contributed by atoms with Gasteiger partial charge in [-0.05, 0) is 28.7 Å². The molecule has 0 aromatic heterocycles. The van der Waals surface area contributed by atoms with Crippen LogP contribution >= 0.6 is 12.4 Å². The molecular formula is C22H25ClN2O4. The van der Waals surface area contributed by atoms with Crippen LogP contribution in [0, 0.1) is 0 Å². The van der Waals surface area contributed by atoms with Crippen molar-refractivity contribution in [3.63, 3.8) is 0 Å². The molecule has 29 heavy (non-hydrogen) atoms. The summed E-state index contributed by atoms with van der Waals surface area (Å²) in [5.74, 6) is -0.790. The fourth-order valence-corrected chi connectivity index (χ4v) is 4.19. The van der Waals surface area contributed by atoms with E-state index in [-0.39, 0.29) is 31.0 Å². The Balaban J connectivity index is 0.00000240. The Bertz CT molecular complexity index is 843. The van der Waals surface area contributed by atoms with Crippen molar-refractivity contribution in [1.29, 1.82) is 0 Å². The van der Waals surface area contributed by atoms with Crippen LogP contribution in [0.25, 0.3) is 11.1 Å². The van der Waals surface area contributed by atoms with Gasteiger partial charge in [0.15, 0.2) is 0 Å². The Morgan fingerprint density at radius 2 is 1.55 bits per heavy atom. The lowest BCUT2D eigenvalue weighted by atomic mass is 9.98. The monoisotopic (exact) mass is 416 g/mol. The maximum absolute atomic E-state index is 12.6. The Morgan fingerprint density at radius 1 is 0.931 bits per heavy atom. The van der Waals surface area contributed by atoms with Gasteiger partial charge in [-0.1, -0.05) is 48.5 Å². The highest BCUT2D eigenvalue weighted by Gasteiger charge is 2.30. The average molecular weight is 417 g/mol. The summed E-state index contributed by atoms with van der Waals surface area (Å²) in [6.45, 7) is 2.63. The van der Waals surface area contributed by atoms with E-state index < -0.39 is 5.97 Å². The van der Waals surface area contributed by atoms with Crippen LogP contribution in [-0.2, 0) is 9.53 Å². The number of benzene rings is 2. The van der Waals surface area contributed by atoms with Gasteiger partial charge in [-0.3, -0.25) is 9.69 Å². The third-order valence-electron chi connectivity index (χ3n) is 5.54. The van der Waals surface area contributed by atoms with Gasteiger partial charge in [0.05, 0.1) is 6.54 Å². The fourth-order valence-electron chi connectivity index (χ4n) is 4.19. The van der Waals surface area contributed by atoms with Crippen molar-refractivity contribution < 1.29 is 19.4 Å². The summed E-state index contributed by atoms with van der Waals surface area (Å²) in [5.41, 5.74) is 4.80. The van der Waals surface area contributed by atoms with Gasteiger partial charge in [-0.25, -0.2) is 4.79 Å². The molecule has 4 rings (SSSR count). The van der Waals surface area contributed by atoms with Gasteiger partial charge in [0.25, 0.3) is 0 Å². The molecule has 6 nitrogen and oxygen atoms in total. The number of halogens is 1. The summed E-state index contributed by atoms with van der Waals surface area (Å²) >= 11 is 0. The second-order valence-electron chi connectivity index (χ2n) is 7.31. The molecule has 1 aliphatic carbocycles. The van der Waals surface area contributed by atoms with Crippen molar-refractivity contribution in [3.8, 4) is 11.1 Å². The second-order valence-corrected chi connectivity index (χ2v) is 7.31. The average Bonchev–Trinajstić information content (AvgIpc) is 2.83. The van der Waals surface area contributed by atoms with E-state index in [0.29, 0.717) is 32.8 Å². The minimum Gasteiger partial charge on any atom is -0.480 e. The van der Waals surface area contributed by atoms with E-state index in [1.54, 1.807) is 4.90 Å². The number of hydrogen-bond donors (Lipinski definition) is 1. The second kappa shape index (κ2) is 9.29. The summed E-state index contributed by atoms with van der Waals surface area (Å²) in [7, 11) is 0. The molecule has 1 amide bonds. The number of nitrogens with zero attached hydrogens (tertiary/aromatic N) is 2. The molecule has 1 saturated heterocycles. The van der Waals surface area contributed by atoms with Crippen LogP contribution < -0.4 is 0 Å². The number of rotatable bonds is 4. The Hall–Kier alpha value is -2.57. The van der Waals surface area contributed by atoms with Gasteiger partial charge in [0.1, 0.15) is 6.61 Å². The smallest absolute Gasteiger partial charge is 0.409 e. The number of aliphatic carboxylic acids is 1. The summed E-state index contributed by atoms with van der Waals surface area (Å²) in [6.07, 6.45) is 0.427. The lowest BCUT2D eigenvalue weighted by Gasteiger charge is -2.22. The molecule has 0 saturated carbocycles. The topological polar surface area (TPSA) is 70.1 Å². The van der Waals surface area contributed by atoms with Crippen molar-refractivity contribution in [2.45, 2.75) is 12.3 Å². The molecule has 2 aromatic carbocycles. The molecule has 1 aliphatic heterocycles. The zero-order valence-electron chi connectivity index (χ0n) is 16.1. The molecule has 1 fully saturated rings. The summed E-state index contributed by atoms with van der Waals surface area (Å²) in [6, 6.07) is 16.5. The van der Waals surface area contributed by atoms with E-state index in [4.69, 9.17) is 9.84 Å². The predicted molar refractivity (Wildman–Crippen MR) is 113 cm³/mol. The van der Waals surface area contributed by atoms with Crippen molar-refractivity contribution in [2.75, 3.05) is 39.3 Å². The van der Waals surface area contributed by atoms with Crippen LogP contribution in [-0.4, -0.2) is 66.3 Å². The first-order valence-corrected chi connectivity index (χ1v) is 9.67. The molecule has 0 radical (unpaired) electrons. The lowest BCUT2D eigenvalue weighted by Crippen LogP contribution is -2.37. The fraction of sp³-hybridized carbons (Fsp3) is 0.364. The predicted octanol–water partition coefficient (Wildman–Crippen LogP) is 3.45. The molecule has 0 bridgehead atoms. The quantitative estimate of drug-likeness (QED) is 0.826. The Morgan fingerprint density at radius 3 is 2.17 bits per heavy atom. The number of amides is 1. The largest absolute Gasteiger partial charge is 0.480 e. The highest BCUT2D eigenvalue weighted by Crippen LogP contribution is 2.44. The minimum absolute atomic E-state index is 0. The third-order valence-corrected chi connectivity index (χ3v) is 5.54. The molecule has 2 aliphatic rings. The van der Waals surface area contributed by atoms with Crippen molar-refractivity contribution in [1.82, 2.24) is 9.80 Å². The first-order valence-electron chi connectivity index (χ1n) is 9.67. The van der Waals surface area contributed by atoms with Gasteiger partial charge < -0.3 is 14.7 Å². The van der Waals surface area contributed by atoms with Crippen LogP contribution in [0.2, 0.25) is 0 Å². The number of carbonyl (C=O) groups excluding carboxylic acids is 1. The minimum atomic E-state index is -0.838. The zero-order valence-corrected chi connectivity index (χ0v) is 16.9. The maximum Gasteiger partial charge on any atom is 0.409 e. The van der Waals surface area contributed by atoms with E-state index in [2.05, 4.69) is 24.3 Å². The molecule has 0 atom stereocenters. The Labute approximate surface area is 176 Å². The highest BCUT2D eigenvalue weighted by molar-refractivity contribution is 5.85. The zero-order chi connectivity index (χ0) is 19.5. The third kappa shape index (κ3) is 4.54. The number of carboxylic acids is 1. The van der Waals surface area contributed by atoms with Gasteiger partial charge in [0, 0.05) is 32.1 Å². The van der Waals surface area contributed by atoms with E-state index in [1.807, 2.05) is 29.2 Å². The van der Waals surface area contributed by atoms with Crippen LogP contribution in [0.1, 0.15) is 23.5 Å². The van der Waals surface area contributed by atoms with E-state index in [1.165, 1.54) is 22.3 Å². The highest BCUT2D eigenvalue weighted by atomic mass is 35.5. The number of ether oxygens (including phenoxy) is 1. The van der Waals surface area contributed by atoms with Gasteiger partial charge >= 0.3 is 12.1 Å². The van der Waals surface area contributed by atoms with Gasteiger partial charge in [0.2, 0.25) is 0 Å². The first-order chi connectivity index (χ1) is 13.6. The molecule has 1 N–H and O–H groups in total. The first kappa shape index (κ1) is 21.1. The van der Waals surface area contributed by atoms with Crippen molar-refractivity contribution >= 4 is 24.5 Å². The molecule has 0 unspecified atom stereocenters. The summed E-state index contributed by atoms with van der Waals surface area (Å²) in [4.78, 5) is 27.1. The Kier molecular flexibility index (Phi) is 6.77. The van der Waals surface area contributed by atoms with Crippen molar-refractivity contribution in [2.24, 2.45) is 0 Å². The van der Waals surface area contributed by atoms with Gasteiger partial charge in [-0.2, -0.15) is 0 Å². The lowest BCUT2D eigenvalue weighted by molar-refractivity contribution is -0.138. The maximum atomic E-state index is 12.6. The van der Waals surface area contributed by atoms with Crippen LogP contribution in [0.15, 0.2) is 48.5 Å². The standard InChI is InChI=1S/C22H24N2O4.ClH/c25-21(26)14-23-10-5-11-24(13-12-23)22(27)28-15-20-18-8-3-1-6-16(18)17-7-2-4-9-19(17)20;/h1-4,6-9,20H,5,10-15H2,(H,25,26);1H. The molecule has 1 heterocycles. The van der Waals surface area contributed by atoms with E-state index in [0.717, 1.165) is 6.42 Å².